The lowest BCUT2D eigenvalue weighted by molar-refractivity contribution is -0.150. The van der Waals surface area contributed by atoms with Crippen LogP contribution in [0, 0.1) is 0 Å². The third-order valence-electron chi connectivity index (χ3n) is 3.56. The van der Waals surface area contributed by atoms with E-state index >= 15 is 0 Å². The zero-order valence-corrected chi connectivity index (χ0v) is 15.1. The van der Waals surface area contributed by atoms with Gasteiger partial charge in [-0.05, 0) is 25.5 Å². The molecule has 1 atom stereocenters. The van der Waals surface area contributed by atoms with Gasteiger partial charge in [0.15, 0.2) is 0 Å². The summed E-state index contributed by atoms with van der Waals surface area (Å²) < 4.78 is 5.90. The average molecular weight is 352 g/mol. The molecule has 5 nitrogen and oxygen atoms in total. The van der Waals surface area contributed by atoms with Crippen LogP contribution < -0.4 is 5.32 Å². The highest BCUT2D eigenvalue weighted by Gasteiger charge is 2.33. The third-order valence-corrected chi connectivity index (χ3v) is 5.72. The lowest BCUT2D eigenvalue weighted by Crippen LogP contribution is -2.52. The number of rotatable bonds is 7. The normalized spacial score (nSPS) is 13.5. The van der Waals surface area contributed by atoms with E-state index in [1.54, 1.807) is 18.3 Å². The minimum atomic E-state index is -0.970. The highest BCUT2D eigenvalue weighted by Crippen LogP contribution is 2.24. The van der Waals surface area contributed by atoms with Crippen LogP contribution in [0.2, 0.25) is 0 Å². The average Bonchev–Trinajstić information content (AvgIpc) is 2.96. The van der Waals surface area contributed by atoms with E-state index in [1.165, 1.54) is 18.9 Å². The van der Waals surface area contributed by atoms with Crippen LogP contribution in [-0.4, -0.2) is 35.3 Å². The molecular weight excluding hydrogens is 332 g/mol. The Morgan fingerprint density at radius 1 is 1.39 bits per heavy atom. The van der Waals surface area contributed by atoms with Gasteiger partial charge >= 0.3 is 5.97 Å². The Kier molecular flexibility index (Phi) is 6.01. The molecule has 1 aromatic heterocycles. The molecule has 0 bridgehead atoms. The minimum absolute atomic E-state index is 0.175. The van der Waals surface area contributed by atoms with Crippen LogP contribution in [0.25, 0.3) is 10.2 Å². The molecule has 1 heterocycles. The van der Waals surface area contributed by atoms with Gasteiger partial charge < -0.3 is 10.1 Å². The molecular formula is C16H20N2O3S2. The molecule has 0 saturated heterocycles. The van der Waals surface area contributed by atoms with E-state index in [0.717, 1.165) is 15.2 Å². The van der Waals surface area contributed by atoms with E-state index in [0.29, 0.717) is 12.2 Å². The molecule has 1 N–H and O–H groups in total. The van der Waals surface area contributed by atoms with Crippen LogP contribution in [0.3, 0.4) is 0 Å². The van der Waals surface area contributed by atoms with Gasteiger partial charge in [-0.2, -0.15) is 0 Å². The second kappa shape index (κ2) is 7.79. The summed E-state index contributed by atoms with van der Waals surface area (Å²) in [6.45, 7) is 3.51. The number of nitrogens with one attached hydrogen (secondary N) is 1. The molecule has 124 valence electrons. The zero-order chi connectivity index (χ0) is 16.9. The number of carbonyl (C=O) groups is 2. The SMILES string of the molecule is CCC(C)(NC(=O)CSCc1nc2ccccc2s1)C(=O)OC. The molecule has 0 aliphatic carbocycles. The monoisotopic (exact) mass is 352 g/mol. The first-order chi connectivity index (χ1) is 11.0. The molecule has 23 heavy (non-hydrogen) atoms. The number of thioether (sulfide) groups is 1. The maximum Gasteiger partial charge on any atom is 0.331 e. The van der Waals surface area contributed by atoms with Crippen molar-refractivity contribution in [3.8, 4) is 0 Å². The van der Waals surface area contributed by atoms with Gasteiger partial charge in [0.05, 0.1) is 23.1 Å². The Balaban J connectivity index is 1.85. The largest absolute Gasteiger partial charge is 0.467 e. The molecule has 2 aromatic rings. The van der Waals surface area contributed by atoms with Crippen LogP contribution in [0.5, 0.6) is 0 Å². The molecule has 0 saturated carbocycles. The minimum Gasteiger partial charge on any atom is -0.467 e. The quantitative estimate of drug-likeness (QED) is 0.776. The molecule has 0 aliphatic heterocycles. The van der Waals surface area contributed by atoms with Crippen molar-refractivity contribution in [1.82, 2.24) is 10.3 Å². The molecule has 0 fully saturated rings. The summed E-state index contributed by atoms with van der Waals surface area (Å²) in [7, 11) is 1.32. The molecule has 0 radical (unpaired) electrons. The Morgan fingerprint density at radius 3 is 2.78 bits per heavy atom. The Bertz CT molecular complexity index is 668. The van der Waals surface area contributed by atoms with Crippen LogP contribution in [0.15, 0.2) is 24.3 Å². The number of hydrogen-bond acceptors (Lipinski definition) is 6. The van der Waals surface area contributed by atoms with E-state index in [9.17, 15) is 9.59 Å². The van der Waals surface area contributed by atoms with Crippen molar-refractivity contribution in [2.75, 3.05) is 12.9 Å². The Morgan fingerprint density at radius 2 is 2.13 bits per heavy atom. The summed E-state index contributed by atoms with van der Waals surface area (Å²) >= 11 is 3.12. The summed E-state index contributed by atoms with van der Waals surface area (Å²) in [6, 6.07) is 7.97. The Hall–Kier alpha value is -1.60. The molecule has 0 aliphatic rings. The van der Waals surface area contributed by atoms with Crippen molar-refractivity contribution in [3.63, 3.8) is 0 Å². The van der Waals surface area contributed by atoms with Crippen molar-refractivity contribution < 1.29 is 14.3 Å². The van der Waals surface area contributed by atoms with Crippen molar-refractivity contribution in [2.45, 2.75) is 31.6 Å². The summed E-state index contributed by atoms with van der Waals surface area (Å²) in [4.78, 5) is 28.3. The lowest BCUT2D eigenvalue weighted by Gasteiger charge is -2.26. The Labute approximate surface area is 143 Å². The third kappa shape index (κ3) is 4.45. The maximum atomic E-state index is 12.0. The summed E-state index contributed by atoms with van der Waals surface area (Å²) in [5.41, 5.74) is 0.0178. The van der Waals surface area contributed by atoms with Gasteiger partial charge in [0.1, 0.15) is 10.5 Å². The number of ether oxygens (including phenoxy) is 1. The summed E-state index contributed by atoms with van der Waals surface area (Å²) in [5.74, 6) is 0.353. The smallest absolute Gasteiger partial charge is 0.331 e. The second-order valence-corrected chi connectivity index (χ2v) is 7.39. The van der Waals surface area contributed by atoms with Gasteiger partial charge in [-0.25, -0.2) is 9.78 Å². The van der Waals surface area contributed by atoms with E-state index in [1.807, 2.05) is 31.2 Å². The van der Waals surface area contributed by atoms with E-state index in [-0.39, 0.29) is 11.7 Å². The van der Waals surface area contributed by atoms with Gasteiger partial charge in [-0.15, -0.1) is 23.1 Å². The fourth-order valence-electron chi connectivity index (χ4n) is 2.07. The topological polar surface area (TPSA) is 68.3 Å². The van der Waals surface area contributed by atoms with Crippen molar-refractivity contribution >= 4 is 45.2 Å². The molecule has 1 amide bonds. The standard InChI is InChI=1S/C16H20N2O3S2/c1-4-16(2,15(20)21-3)18-13(19)9-22-10-14-17-11-7-5-6-8-12(11)23-14/h5-8H,4,9-10H2,1-3H3,(H,18,19). The molecule has 1 unspecified atom stereocenters. The van der Waals surface area contributed by atoms with Crippen molar-refractivity contribution in [1.29, 1.82) is 0 Å². The van der Waals surface area contributed by atoms with Crippen molar-refractivity contribution in [3.05, 3.63) is 29.3 Å². The number of aromatic nitrogens is 1. The number of nitrogens with zero attached hydrogens (tertiary/aromatic N) is 1. The van der Waals surface area contributed by atoms with Crippen LogP contribution in [-0.2, 0) is 20.1 Å². The van der Waals surface area contributed by atoms with E-state index < -0.39 is 11.5 Å². The van der Waals surface area contributed by atoms with Gasteiger partial charge in [0.2, 0.25) is 5.91 Å². The van der Waals surface area contributed by atoms with Gasteiger partial charge in [0, 0.05) is 5.75 Å². The number of esters is 1. The first-order valence-electron chi connectivity index (χ1n) is 7.30. The number of methoxy groups -OCH3 is 1. The van der Waals surface area contributed by atoms with Gasteiger partial charge in [0.25, 0.3) is 0 Å². The van der Waals surface area contributed by atoms with Crippen molar-refractivity contribution in [2.24, 2.45) is 0 Å². The number of amides is 1. The van der Waals surface area contributed by atoms with Crippen LogP contribution >= 0.6 is 23.1 Å². The van der Waals surface area contributed by atoms with Crippen LogP contribution in [0.4, 0.5) is 0 Å². The number of benzene rings is 1. The summed E-state index contributed by atoms with van der Waals surface area (Å²) in [5, 5.41) is 3.75. The fraction of sp³-hybridized carbons (Fsp3) is 0.438. The molecule has 1 aromatic carbocycles. The lowest BCUT2D eigenvalue weighted by atomic mass is 9.99. The zero-order valence-electron chi connectivity index (χ0n) is 13.4. The fourth-order valence-corrected chi connectivity index (χ4v) is 3.91. The highest BCUT2D eigenvalue weighted by atomic mass is 32.2. The van der Waals surface area contributed by atoms with Gasteiger partial charge in [-0.3, -0.25) is 4.79 Å². The first-order valence-corrected chi connectivity index (χ1v) is 9.27. The number of thiazole rings is 1. The molecule has 0 spiro atoms. The predicted octanol–water partition coefficient (Wildman–Crippen LogP) is 2.99. The maximum absolute atomic E-state index is 12.0. The highest BCUT2D eigenvalue weighted by molar-refractivity contribution is 7.99. The number of para-hydroxylation sites is 1. The van der Waals surface area contributed by atoms with Gasteiger partial charge in [-0.1, -0.05) is 19.1 Å². The number of hydrogen-bond donors (Lipinski definition) is 1. The first kappa shape index (κ1) is 17.7. The molecule has 7 heteroatoms. The summed E-state index contributed by atoms with van der Waals surface area (Å²) in [6.07, 6.45) is 0.480. The molecule has 2 rings (SSSR count). The predicted molar refractivity (Wildman–Crippen MR) is 94.6 cm³/mol. The van der Waals surface area contributed by atoms with E-state index in [2.05, 4.69) is 10.3 Å². The van der Waals surface area contributed by atoms with Crippen LogP contribution in [0.1, 0.15) is 25.3 Å². The second-order valence-electron chi connectivity index (χ2n) is 5.29. The number of carbonyl (C=O) groups excluding carboxylic acids is 2. The number of fused-ring (bicyclic) bond motifs is 1. The van der Waals surface area contributed by atoms with E-state index in [4.69, 9.17) is 4.74 Å².